The fraction of sp³-hybridized carbons (Fsp3) is 0.111. The lowest BCUT2D eigenvalue weighted by atomic mass is 9.73. The Labute approximate surface area is 174 Å². The van der Waals surface area contributed by atoms with Gasteiger partial charge in [0.25, 0.3) is 0 Å². The van der Waals surface area contributed by atoms with E-state index in [1.165, 1.54) is 20.5 Å². The fourth-order valence-electron chi connectivity index (χ4n) is 3.48. The van der Waals surface area contributed by atoms with Crippen LogP contribution in [0, 0.1) is 8.80 Å². The van der Waals surface area contributed by atoms with Gasteiger partial charge in [-0.1, -0.05) is 6.08 Å². The number of fused-ring (bicyclic) bond motifs is 4. The maximum Gasteiger partial charge on any atom is 0.188 e. The normalized spacial score (nSPS) is 27.2. The van der Waals surface area contributed by atoms with Gasteiger partial charge in [0.05, 0.1) is 13.0 Å². The summed E-state index contributed by atoms with van der Waals surface area (Å²) in [6, 6.07) is 2.02. The summed E-state index contributed by atoms with van der Waals surface area (Å²) in [4.78, 5) is 26.7. The second-order valence-corrected chi connectivity index (χ2v) is 11.1. The predicted molar refractivity (Wildman–Crippen MR) is 116 cm³/mol. The highest BCUT2D eigenvalue weighted by molar-refractivity contribution is 14.1. The van der Waals surface area contributed by atoms with Crippen molar-refractivity contribution in [2.75, 3.05) is 0 Å². The maximum atomic E-state index is 13.1. The second-order valence-electron chi connectivity index (χ2n) is 5.94. The van der Waals surface area contributed by atoms with Gasteiger partial charge < -0.3 is 0 Å². The number of rotatable bonds is 0. The van der Waals surface area contributed by atoms with Crippen molar-refractivity contribution in [3.8, 4) is 0 Å². The molecule has 6 heteroatoms. The van der Waals surface area contributed by atoms with Crippen LogP contribution < -0.4 is 0 Å². The first-order chi connectivity index (χ1) is 11.5. The monoisotopic (exact) mass is 574 g/mol. The van der Waals surface area contributed by atoms with Gasteiger partial charge in [-0.25, -0.2) is 0 Å². The third-order valence-corrected chi connectivity index (χ3v) is 8.90. The molecule has 0 bridgehead atoms. The van der Waals surface area contributed by atoms with Crippen molar-refractivity contribution < 1.29 is 9.59 Å². The number of hydrogen-bond acceptors (Lipinski definition) is 4. The summed E-state index contributed by atoms with van der Waals surface area (Å²) < 4.78 is 2.31. The van der Waals surface area contributed by atoms with Gasteiger partial charge in [-0.3, -0.25) is 9.59 Å². The molecule has 0 radical (unpaired) electrons. The van der Waals surface area contributed by atoms with E-state index in [0.29, 0.717) is 5.57 Å². The van der Waals surface area contributed by atoms with Crippen LogP contribution in [0.1, 0.15) is 15.2 Å². The lowest BCUT2D eigenvalue weighted by Gasteiger charge is -2.29. The lowest BCUT2D eigenvalue weighted by Crippen LogP contribution is -2.33. The van der Waals surface area contributed by atoms with Crippen LogP contribution in [0.25, 0.3) is 6.08 Å². The molecule has 3 aliphatic carbocycles. The van der Waals surface area contributed by atoms with Crippen molar-refractivity contribution in [1.29, 1.82) is 0 Å². The van der Waals surface area contributed by atoms with Crippen LogP contribution in [-0.4, -0.2) is 16.8 Å². The number of halogens is 2. The van der Waals surface area contributed by atoms with E-state index in [0.717, 1.165) is 24.5 Å². The number of ketones is 2. The minimum absolute atomic E-state index is 0.0434. The van der Waals surface area contributed by atoms with Crippen molar-refractivity contribution >= 4 is 85.9 Å². The summed E-state index contributed by atoms with van der Waals surface area (Å²) in [5.41, 5.74) is 4.69. The zero-order chi connectivity index (χ0) is 16.6. The molecular formula is C18H8I2O2S2. The van der Waals surface area contributed by atoms with Crippen LogP contribution in [0.5, 0.6) is 0 Å². The average molecular weight is 574 g/mol. The molecule has 0 saturated carbocycles. The SMILES string of the molecule is O=C1C2=CC3SC=C(I)C3=CC2=CC2=Cc3cc(I)sc3C(=O)C12. The molecule has 5 rings (SSSR count). The van der Waals surface area contributed by atoms with Crippen molar-refractivity contribution in [2.45, 2.75) is 5.25 Å². The number of thiophene rings is 1. The van der Waals surface area contributed by atoms with E-state index in [-0.39, 0.29) is 16.8 Å². The molecule has 1 aliphatic heterocycles. The topological polar surface area (TPSA) is 34.1 Å². The van der Waals surface area contributed by atoms with Crippen LogP contribution in [0.15, 0.2) is 55.6 Å². The summed E-state index contributed by atoms with van der Waals surface area (Å²) in [6.45, 7) is 0. The molecular weight excluding hydrogens is 566 g/mol. The Balaban J connectivity index is 1.70. The van der Waals surface area contributed by atoms with Crippen LogP contribution in [0.2, 0.25) is 0 Å². The molecule has 0 aromatic carbocycles. The Hall–Kier alpha value is -0.450. The molecule has 0 saturated heterocycles. The first kappa shape index (κ1) is 15.8. The molecule has 0 spiro atoms. The van der Waals surface area contributed by atoms with E-state index < -0.39 is 5.92 Å². The predicted octanol–water partition coefficient (Wildman–Crippen LogP) is 5.32. The van der Waals surface area contributed by atoms with Gasteiger partial charge in [-0.05, 0) is 97.2 Å². The molecule has 4 aliphatic rings. The molecule has 1 aromatic heterocycles. The van der Waals surface area contributed by atoms with Crippen molar-refractivity contribution in [1.82, 2.24) is 0 Å². The van der Waals surface area contributed by atoms with E-state index >= 15 is 0 Å². The van der Waals surface area contributed by atoms with E-state index in [1.54, 1.807) is 11.8 Å². The van der Waals surface area contributed by atoms with Gasteiger partial charge in [-0.2, -0.15) is 0 Å². The van der Waals surface area contributed by atoms with Crippen LogP contribution in [0.4, 0.5) is 0 Å². The summed E-state index contributed by atoms with van der Waals surface area (Å²) in [6.07, 6.45) is 8.19. The highest BCUT2D eigenvalue weighted by Gasteiger charge is 2.42. The van der Waals surface area contributed by atoms with Crippen molar-refractivity contribution in [2.24, 2.45) is 5.92 Å². The lowest BCUT2D eigenvalue weighted by molar-refractivity contribution is -0.116. The Bertz CT molecular complexity index is 1000. The summed E-state index contributed by atoms with van der Waals surface area (Å²) >= 11 is 7.77. The average Bonchev–Trinajstić information content (AvgIpc) is 3.09. The van der Waals surface area contributed by atoms with Gasteiger partial charge in [0.1, 0.15) is 5.92 Å². The van der Waals surface area contributed by atoms with E-state index in [9.17, 15) is 9.59 Å². The molecule has 24 heavy (non-hydrogen) atoms. The smallest absolute Gasteiger partial charge is 0.188 e. The van der Waals surface area contributed by atoms with E-state index in [2.05, 4.69) is 56.7 Å². The molecule has 2 unspecified atom stereocenters. The molecule has 118 valence electrons. The third kappa shape index (κ3) is 2.18. The largest absolute Gasteiger partial charge is 0.293 e. The Morgan fingerprint density at radius 1 is 1.04 bits per heavy atom. The fourth-order valence-corrected chi connectivity index (χ4v) is 7.41. The number of thioether (sulfide) groups is 1. The summed E-state index contributed by atoms with van der Waals surface area (Å²) in [5.74, 6) is -0.746. The number of allylic oxidation sites excluding steroid dienone is 6. The highest BCUT2D eigenvalue weighted by atomic mass is 127. The van der Waals surface area contributed by atoms with Gasteiger partial charge in [0, 0.05) is 9.15 Å². The first-order valence-corrected chi connectivity index (χ1v) is 11.2. The second kappa shape index (κ2) is 5.52. The number of carbonyl (C=O) groups excluding carboxylic acids is 2. The number of carbonyl (C=O) groups is 2. The standard InChI is InChI=1S/C18H8I2O2S2/c19-12-6-23-13-5-10-7(3-11(12)13)1-8-2-9-4-14(20)24-18(9)17(22)15(8)16(10)21/h1-6,13,15H. The minimum atomic E-state index is -0.657. The Morgan fingerprint density at radius 2 is 1.88 bits per heavy atom. The summed E-state index contributed by atoms with van der Waals surface area (Å²) in [7, 11) is 0. The van der Waals surface area contributed by atoms with E-state index in [1.807, 2.05) is 24.3 Å². The number of Topliss-reactive ketones (excluding diaryl/α,β-unsaturated/α-hetero) is 2. The van der Waals surface area contributed by atoms with Gasteiger partial charge in [0.15, 0.2) is 11.6 Å². The Kier molecular flexibility index (Phi) is 3.63. The van der Waals surface area contributed by atoms with Crippen molar-refractivity contribution in [3.05, 3.63) is 68.9 Å². The number of hydrogen-bond donors (Lipinski definition) is 0. The maximum absolute atomic E-state index is 13.1. The third-order valence-electron chi connectivity index (χ3n) is 4.56. The van der Waals surface area contributed by atoms with Gasteiger partial charge >= 0.3 is 0 Å². The highest BCUT2D eigenvalue weighted by Crippen LogP contribution is 2.47. The molecule has 1 aromatic rings. The van der Waals surface area contributed by atoms with Gasteiger partial charge in [-0.15, -0.1) is 23.1 Å². The van der Waals surface area contributed by atoms with Crippen LogP contribution >= 0.6 is 68.3 Å². The molecule has 0 N–H and O–H groups in total. The molecule has 0 amide bonds. The van der Waals surface area contributed by atoms with Crippen molar-refractivity contribution in [3.63, 3.8) is 0 Å². The molecule has 2 atom stereocenters. The first-order valence-electron chi connectivity index (χ1n) is 7.29. The Morgan fingerprint density at radius 3 is 2.71 bits per heavy atom. The molecule has 2 nitrogen and oxygen atoms in total. The minimum Gasteiger partial charge on any atom is -0.293 e. The van der Waals surface area contributed by atoms with Crippen LogP contribution in [0.3, 0.4) is 0 Å². The quantitative estimate of drug-likeness (QED) is 0.311. The summed E-state index contributed by atoms with van der Waals surface area (Å²) in [5, 5.41) is 2.34. The zero-order valence-corrected chi connectivity index (χ0v) is 18.0. The van der Waals surface area contributed by atoms with Gasteiger partial charge in [0.2, 0.25) is 0 Å². The van der Waals surface area contributed by atoms with Crippen LogP contribution in [-0.2, 0) is 4.79 Å². The zero-order valence-electron chi connectivity index (χ0n) is 12.0. The molecule has 0 fully saturated rings. The molecule has 2 heterocycles. The van der Waals surface area contributed by atoms with E-state index in [4.69, 9.17) is 0 Å².